The molecule has 4 nitrogen and oxygen atoms in total. The zero-order chi connectivity index (χ0) is 17.9. The molecule has 1 aliphatic rings. The quantitative estimate of drug-likeness (QED) is 0.893. The molecule has 1 N–H and O–H groups in total. The van der Waals surface area contributed by atoms with E-state index in [1.807, 2.05) is 24.8 Å². The van der Waals surface area contributed by atoms with Crippen LogP contribution in [-0.2, 0) is 4.79 Å². The number of piperazine rings is 1. The van der Waals surface area contributed by atoms with E-state index >= 15 is 0 Å². The third-order valence-electron chi connectivity index (χ3n) is 3.93. The molecule has 0 spiro atoms. The van der Waals surface area contributed by atoms with Gasteiger partial charge in [0.1, 0.15) is 0 Å². The Kier molecular flexibility index (Phi) is 6.11. The number of aryl methyl sites for hydroxylation is 2. The summed E-state index contributed by atoms with van der Waals surface area (Å²) in [7, 11) is 0. The van der Waals surface area contributed by atoms with Crippen LogP contribution in [0.15, 0.2) is 12.1 Å². The van der Waals surface area contributed by atoms with Crippen molar-refractivity contribution in [3.8, 4) is 0 Å². The summed E-state index contributed by atoms with van der Waals surface area (Å²) in [5.41, 5.74) is 2.47. The highest BCUT2D eigenvalue weighted by Gasteiger charge is 2.32. The lowest BCUT2D eigenvalue weighted by Gasteiger charge is -2.34. The number of rotatable bonds is 4. The minimum Gasteiger partial charge on any atom is -0.323 e. The Bertz CT molecular complexity index is 576. The standard InChI is InChI=1S/C16H21ClF3N3O/c1-11-7-12(2)15(13(17)8-11)21-14(24)9-22-3-5-23(6-4-22)10-16(18,19)20/h7-8H,3-6,9-10H2,1-2H3,(H,21,24). The molecular formula is C16H21ClF3N3O. The molecule has 1 fully saturated rings. The van der Waals surface area contributed by atoms with Crippen LogP contribution in [0, 0.1) is 13.8 Å². The second-order valence-corrected chi connectivity index (χ2v) is 6.56. The zero-order valence-corrected chi connectivity index (χ0v) is 14.5. The van der Waals surface area contributed by atoms with Gasteiger partial charge < -0.3 is 5.32 Å². The number of anilines is 1. The molecule has 0 saturated carbocycles. The fourth-order valence-electron chi connectivity index (χ4n) is 2.82. The summed E-state index contributed by atoms with van der Waals surface area (Å²) >= 11 is 6.16. The zero-order valence-electron chi connectivity index (χ0n) is 13.7. The van der Waals surface area contributed by atoms with Crippen LogP contribution in [0.2, 0.25) is 5.02 Å². The lowest BCUT2D eigenvalue weighted by Crippen LogP contribution is -2.50. The number of nitrogens with one attached hydrogen (secondary N) is 1. The van der Waals surface area contributed by atoms with Gasteiger partial charge in [0.25, 0.3) is 0 Å². The van der Waals surface area contributed by atoms with E-state index in [0.29, 0.717) is 36.9 Å². The normalized spacial score (nSPS) is 17.1. The largest absolute Gasteiger partial charge is 0.401 e. The van der Waals surface area contributed by atoms with Gasteiger partial charge in [0, 0.05) is 26.2 Å². The van der Waals surface area contributed by atoms with Gasteiger partial charge in [-0.2, -0.15) is 13.2 Å². The predicted octanol–water partition coefficient (Wildman–Crippen LogP) is 3.08. The lowest BCUT2D eigenvalue weighted by atomic mass is 10.1. The summed E-state index contributed by atoms with van der Waals surface area (Å²) in [5, 5.41) is 3.28. The van der Waals surface area contributed by atoms with Gasteiger partial charge in [-0.1, -0.05) is 17.7 Å². The Hall–Kier alpha value is -1.31. The average molecular weight is 364 g/mol. The monoisotopic (exact) mass is 363 g/mol. The molecule has 1 aromatic rings. The van der Waals surface area contributed by atoms with Crippen LogP contribution in [0.5, 0.6) is 0 Å². The molecule has 24 heavy (non-hydrogen) atoms. The molecule has 1 aliphatic heterocycles. The first-order valence-electron chi connectivity index (χ1n) is 7.72. The van der Waals surface area contributed by atoms with E-state index < -0.39 is 12.7 Å². The Balaban J connectivity index is 1.84. The highest BCUT2D eigenvalue weighted by atomic mass is 35.5. The fraction of sp³-hybridized carbons (Fsp3) is 0.562. The maximum Gasteiger partial charge on any atom is 0.401 e. The Labute approximate surface area is 144 Å². The minimum atomic E-state index is -4.18. The van der Waals surface area contributed by atoms with Crippen LogP contribution in [0.3, 0.4) is 0 Å². The molecule has 0 unspecified atom stereocenters. The number of nitrogens with zero attached hydrogens (tertiary/aromatic N) is 2. The SMILES string of the molecule is Cc1cc(C)c(NC(=O)CN2CCN(CC(F)(F)F)CC2)c(Cl)c1. The topological polar surface area (TPSA) is 35.6 Å². The molecule has 0 radical (unpaired) electrons. The van der Waals surface area contributed by atoms with E-state index in [2.05, 4.69) is 5.32 Å². The van der Waals surface area contributed by atoms with Crippen molar-refractivity contribution in [2.24, 2.45) is 0 Å². The summed E-state index contributed by atoms with van der Waals surface area (Å²) in [6, 6.07) is 3.71. The highest BCUT2D eigenvalue weighted by molar-refractivity contribution is 6.34. The molecule has 0 atom stereocenters. The molecule has 1 saturated heterocycles. The van der Waals surface area contributed by atoms with Gasteiger partial charge in [0.2, 0.25) is 5.91 Å². The molecule has 0 aromatic heterocycles. The van der Waals surface area contributed by atoms with Crippen molar-refractivity contribution in [1.29, 1.82) is 0 Å². The number of halogens is 4. The number of amides is 1. The molecular weight excluding hydrogens is 343 g/mol. The number of benzene rings is 1. The van der Waals surface area contributed by atoms with Gasteiger partial charge in [0.15, 0.2) is 0 Å². The van der Waals surface area contributed by atoms with Crippen LogP contribution in [0.4, 0.5) is 18.9 Å². The molecule has 134 valence electrons. The Morgan fingerprint density at radius 2 is 1.75 bits per heavy atom. The van der Waals surface area contributed by atoms with Gasteiger partial charge in [0.05, 0.1) is 23.8 Å². The van der Waals surface area contributed by atoms with Crippen molar-refractivity contribution >= 4 is 23.2 Å². The van der Waals surface area contributed by atoms with Crippen molar-refractivity contribution in [1.82, 2.24) is 9.80 Å². The van der Waals surface area contributed by atoms with Crippen LogP contribution in [0.25, 0.3) is 0 Å². The van der Waals surface area contributed by atoms with E-state index in [1.54, 1.807) is 6.07 Å². The first-order valence-corrected chi connectivity index (χ1v) is 8.10. The Morgan fingerprint density at radius 1 is 1.17 bits per heavy atom. The number of hydrogen-bond acceptors (Lipinski definition) is 3. The van der Waals surface area contributed by atoms with E-state index in [0.717, 1.165) is 11.1 Å². The maximum absolute atomic E-state index is 12.4. The molecule has 2 rings (SSSR count). The number of carbonyl (C=O) groups excluding carboxylic acids is 1. The van der Waals surface area contributed by atoms with Crippen LogP contribution < -0.4 is 5.32 Å². The fourth-order valence-corrected chi connectivity index (χ4v) is 3.18. The highest BCUT2D eigenvalue weighted by Crippen LogP contribution is 2.27. The van der Waals surface area contributed by atoms with E-state index in [-0.39, 0.29) is 12.5 Å². The van der Waals surface area contributed by atoms with Gasteiger partial charge in [-0.05, 0) is 31.0 Å². The maximum atomic E-state index is 12.4. The van der Waals surface area contributed by atoms with Crippen LogP contribution in [-0.4, -0.2) is 61.2 Å². The molecule has 1 aromatic carbocycles. The third kappa shape index (κ3) is 5.65. The summed E-state index contributed by atoms with van der Waals surface area (Å²) < 4.78 is 37.1. The van der Waals surface area contributed by atoms with Crippen molar-refractivity contribution in [2.75, 3.05) is 44.6 Å². The summed E-state index contributed by atoms with van der Waals surface area (Å²) in [5.74, 6) is -0.215. The van der Waals surface area contributed by atoms with E-state index in [4.69, 9.17) is 11.6 Å². The molecule has 1 heterocycles. The smallest absolute Gasteiger partial charge is 0.323 e. The Morgan fingerprint density at radius 3 is 2.29 bits per heavy atom. The average Bonchev–Trinajstić information content (AvgIpc) is 2.43. The lowest BCUT2D eigenvalue weighted by molar-refractivity contribution is -0.149. The summed E-state index contributed by atoms with van der Waals surface area (Å²) in [6.07, 6.45) is -4.18. The van der Waals surface area contributed by atoms with Crippen LogP contribution >= 0.6 is 11.6 Å². The van der Waals surface area contributed by atoms with Gasteiger partial charge in [-0.15, -0.1) is 0 Å². The summed E-state index contributed by atoms with van der Waals surface area (Å²) in [4.78, 5) is 15.4. The van der Waals surface area contributed by atoms with Gasteiger partial charge in [-0.3, -0.25) is 14.6 Å². The van der Waals surface area contributed by atoms with Crippen molar-refractivity contribution in [3.05, 3.63) is 28.3 Å². The summed E-state index contributed by atoms with van der Waals surface area (Å²) in [6.45, 7) is 4.51. The minimum absolute atomic E-state index is 0.142. The number of carbonyl (C=O) groups is 1. The molecule has 8 heteroatoms. The van der Waals surface area contributed by atoms with Crippen LogP contribution in [0.1, 0.15) is 11.1 Å². The second kappa shape index (κ2) is 7.72. The van der Waals surface area contributed by atoms with Gasteiger partial charge in [-0.25, -0.2) is 0 Å². The predicted molar refractivity (Wildman–Crippen MR) is 88.5 cm³/mol. The third-order valence-corrected chi connectivity index (χ3v) is 4.23. The van der Waals surface area contributed by atoms with E-state index in [9.17, 15) is 18.0 Å². The molecule has 1 amide bonds. The van der Waals surface area contributed by atoms with Gasteiger partial charge >= 0.3 is 6.18 Å². The molecule has 0 bridgehead atoms. The second-order valence-electron chi connectivity index (χ2n) is 6.15. The number of hydrogen-bond donors (Lipinski definition) is 1. The first kappa shape index (κ1) is 19.0. The molecule has 0 aliphatic carbocycles. The van der Waals surface area contributed by atoms with Crippen molar-refractivity contribution in [2.45, 2.75) is 20.0 Å². The first-order chi connectivity index (χ1) is 11.1. The van der Waals surface area contributed by atoms with Crippen molar-refractivity contribution in [3.63, 3.8) is 0 Å². The number of alkyl halides is 3. The van der Waals surface area contributed by atoms with E-state index in [1.165, 1.54) is 4.90 Å². The van der Waals surface area contributed by atoms with Crippen molar-refractivity contribution < 1.29 is 18.0 Å².